The number of benzene rings is 1. The number of carbonyl (C=O) groups is 1. The zero-order valence-corrected chi connectivity index (χ0v) is 11.9. The number of hydrogen-bond acceptors (Lipinski definition) is 3. The Labute approximate surface area is 120 Å². The summed E-state index contributed by atoms with van der Waals surface area (Å²) in [6.07, 6.45) is 8.26. The Morgan fingerprint density at radius 3 is 2.40 bits per heavy atom. The highest BCUT2D eigenvalue weighted by molar-refractivity contribution is 5.66. The van der Waals surface area contributed by atoms with Crippen LogP contribution in [0.4, 0.5) is 4.79 Å². The maximum absolute atomic E-state index is 11.6. The molecule has 1 aromatic carbocycles. The van der Waals surface area contributed by atoms with Gasteiger partial charge in [0.25, 0.3) is 0 Å². The van der Waals surface area contributed by atoms with Crippen molar-refractivity contribution in [2.24, 2.45) is 0 Å². The minimum atomic E-state index is -0.407. The fraction of sp³-hybridized carbons (Fsp3) is 0.562. The second-order valence-electron chi connectivity index (χ2n) is 5.37. The Hall–Kier alpha value is -1.55. The van der Waals surface area contributed by atoms with E-state index >= 15 is 0 Å². The summed E-state index contributed by atoms with van der Waals surface area (Å²) < 4.78 is 5.16. The normalized spacial score (nSPS) is 17.0. The highest BCUT2D eigenvalue weighted by Crippen LogP contribution is 2.16. The van der Waals surface area contributed by atoms with Crippen LogP contribution in [0.5, 0.6) is 0 Å². The third kappa shape index (κ3) is 5.61. The molecule has 0 atom stereocenters. The van der Waals surface area contributed by atoms with Gasteiger partial charge in [-0.05, 0) is 18.4 Å². The zero-order chi connectivity index (χ0) is 14.0. The molecule has 0 heterocycles. The molecule has 1 amide bonds. The first-order valence-corrected chi connectivity index (χ1v) is 7.57. The minimum Gasteiger partial charge on any atom is -0.444 e. The highest BCUT2D eigenvalue weighted by atomic mass is 16.6. The van der Waals surface area contributed by atoms with Gasteiger partial charge in [-0.2, -0.15) is 0 Å². The Kier molecular flexibility index (Phi) is 6.38. The first-order chi connectivity index (χ1) is 9.84. The van der Waals surface area contributed by atoms with Crippen LogP contribution >= 0.6 is 0 Å². The maximum Gasteiger partial charge on any atom is 0.421 e. The summed E-state index contributed by atoms with van der Waals surface area (Å²) in [5.41, 5.74) is 6.75. The number of nitrogens with one attached hydrogen (secondary N) is 2. The average molecular weight is 276 g/mol. The van der Waals surface area contributed by atoms with Crippen LogP contribution in [0.25, 0.3) is 0 Å². The van der Waals surface area contributed by atoms with E-state index < -0.39 is 6.09 Å². The van der Waals surface area contributed by atoms with Crippen LogP contribution in [0.1, 0.15) is 50.5 Å². The van der Waals surface area contributed by atoms with Crippen molar-refractivity contribution in [1.29, 1.82) is 0 Å². The summed E-state index contributed by atoms with van der Waals surface area (Å²) in [4.78, 5) is 11.6. The number of carbonyl (C=O) groups excluding carboxylic acids is 1. The number of rotatable bonds is 4. The molecule has 1 aliphatic rings. The van der Waals surface area contributed by atoms with Gasteiger partial charge in [0.15, 0.2) is 0 Å². The van der Waals surface area contributed by atoms with E-state index in [-0.39, 0.29) is 0 Å². The van der Waals surface area contributed by atoms with E-state index in [1.54, 1.807) is 0 Å². The molecule has 1 aliphatic carbocycles. The lowest BCUT2D eigenvalue weighted by Crippen LogP contribution is -2.44. The summed E-state index contributed by atoms with van der Waals surface area (Å²) in [6.45, 7) is 0.305. The number of amides is 1. The molecule has 1 saturated carbocycles. The summed E-state index contributed by atoms with van der Waals surface area (Å²) >= 11 is 0. The molecule has 0 bridgehead atoms. The summed E-state index contributed by atoms with van der Waals surface area (Å²) in [5, 5.41) is 0. The van der Waals surface area contributed by atoms with E-state index in [1.165, 1.54) is 32.1 Å². The fourth-order valence-electron chi connectivity index (χ4n) is 2.52. The number of ether oxygens (including phenoxy) is 1. The molecule has 4 nitrogen and oxygen atoms in total. The van der Waals surface area contributed by atoms with Crippen LogP contribution in [-0.4, -0.2) is 12.1 Å². The third-order valence-corrected chi connectivity index (χ3v) is 3.70. The Morgan fingerprint density at radius 1 is 1.05 bits per heavy atom. The van der Waals surface area contributed by atoms with Crippen LogP contribution in [0, 0.1) is 0 Å². The zero-order valence-electron chi connectivity index (χ0n) is 11.9. The van der Waals surface area contributed by atoms with Crippen molar-refractivity contribution in [2.45, 2.75) is 57.6 Å². The molecule has 0 aromatic heterocycles. The van der Waals surface area contributed by atoms with Crippen LogP contribution in [0.15, 0.2) is 30.3 Å². The van der Waals surface area contributed by atoms with E-state index in [0.717, 1.165) is 18.4 Å². The van der Waals surface area contributed by atoms with Crippen molar-refractivity contribution in [3.8, 4) is 0 Å². The first-order valence-electron chi connectivity index (χ1n) is 7.57. The Balaban J connectivity index is 1.64. The quantitative estimate of drug-likeness (QED) is 0.827. The predicted molar refractivity (Wildman–Crippen MR) is 79.0 cm³/mol. The molecule has 20 heavy (non-hydrogen) atoms. The van der Waals surface area contributed by atoms with Gasteiger partial charge in [0, 0.05) is 6.04 Å². The highest BCUT2D eigenvalue weighted by Gasteiger charge is 2.12. The van der Waals surface area contributed by atoms with Crippen molar-refractivity contribution in [3.05, 3.63) is 35.9 Å². The van der Waals surface area contributed by atoms with Gasteiger partial charge in [0.05, 0.1) is 0 Å². The molecule has 0 radical (unpaired) electrons. The Morgan fingerprint density at radius 2 is 1.70 bits per heavy atom. The van der Waals surface area contributed by atoms with E-state index in [9.17, 15) is 4.79 Å². The molecular formula is C16H24N2O2. The maximum atomic E-state index is 11.6. The molecule has 1 fully saturated rings. The van der Waals surface area contributed by atoms with Gasteiger partial charge in [0.1, 0.15) is 6.61 Å². The summed E-state index contributed by atoms with van der Waals surface area (Å²) in [7, 11) is 0. The molecule has 2 rings (SSSR count). The first kappa shape index (κ1) is 14.9. The SMILES string of the molecule is O=C(NNC1CCCCCCC1)OCc1ccccc1. The molecule has 4 heteroatoms. The van der Waals surface area contributed by atoms with Crippen LogP contribution in [0.3, 0.4) is 0 Å². The van der Waals surface area contributed by atoms with Crippen LogP contribution < -0.4 is 10.9 Å². The second kappa shape index (κ2) is 8.59. The lowest BCUT2D eigenvalue weighted by molar-refractivity contribution is 0.131. The Bertz CT molecular complexity index is 387. The van der Waals surface area contributed by atoms with E-state index in [4.69, 9.17) is 4.74 Å². The lowest BCUT2D eigenvalue weighted by atomic mass is 9.97. The molecule has 1 aromatic rings. The topological polar surface area (TPSA) is 50.4 Å². The van der Waals surface area contributed by atoms with E-state index in [1.807, 2.05) is 30.3 Å². The molecule has 110 valence electrons. The number of hydrogen-bond donors (Lipinski definition) is 2. The largest absolute Gasteiger partial charge is 0.444 e. The lowest BCUT2D eigenvalue weighted by Gasteiger charge is -2.21. The minimum absolute atomic E-state index is 0.305. The summed E-state index contributed by atoms with van der Waals surface area (Å²) in [6, 6.07) is 10.1. The van der Waals surface area contributed by atoms with Gasteiger partial charge in [-0.3, -0.25) is 5.43 Å². The monoisotopic (exact) mass is 276 g/mol. The second-order valence-corrected chi connectivity index (χ2v) is 5.37. The number of hydrazine groups is 1. The van der Waals surface area contributed by atoms with Gasteiger partial charge in [0.2, 0.25) is 0 Å². The van der Waals surface area contributed by atoms with Crippen molar-refractivity contribution in [3.63, 3.8) is 0 Å². The molecule has 0 unspecified atom stereocenters. The third-order valence-electron chi connectivity index (χ3n) is 3.70. The molecule has 0 spiro atoms. The van der Waals surface area contributed by atoms with Crippen LogP contribution in [0.2, 0.25) is 0 Å². The van der Waals surface area contributed by atoms with Gasteiger partial charge in [-0.15, -0.1) is 0 Å². The van der Waals surface area contributed by atoms with Crippen LogP contribution in [-0.2, 0) is 11.3 Å². The van der Waals surface area contributed by atoms with Gasteiger partial charge >= 0.3 is 6.09 Å². The molecular weight excluding hydrogens is 252 g/mol. The molecule has 0 saturated heterocycles. The summed E-state index contributed by atoms with van der Waals surface area (Å²) in [5.74, 6) is 0. The van der Waals surface area contributed by atoms with Gasteiger partial charge in [-0.1, -0.05) is 62.4 Å². The standard InChI is InChI=1S/C16H24N2O2/c19-16(20-13-14-9-5-4-6-10-14)18-17-15-11-7-2-1-3-8-12-15/h4-6,9-10,15,17H,1-3,7-8,11-13H2,(H,18,19). The molecule has 0 aliphatic heterocycles. The molecule has 2 N–H and O–H groups in total. The van der Waals surface area contributed by atoms with Crippen molar-refractivity contribution < 1.29 is 9.53 Å². The van der Waals surface area contributed by atoms with Crippen molar-refractivity contribution in [1.82, 2.24) is 10.9 Å². The average Bonchev–Trinajstić information content (AvgIpc) is 2.45. The van der Waals surface area contributed by atoms with Gasteiger partial charge in [-0.25, -0.2) is 10.2 Å². The van der Waals surface area contributed by atoms with Crippen molar-refractivity contribution in [2.75, 3.05) is 0 Å². The van der Waals surface area contributed by atoms with E-state index in [2.05, 4.69) is 10.9 Å². The van der Waals surface area contributed by atoms with E-state index in [0.29, 0.717) is 12.6 Å². The van der Waals surface area contributed by atoms with Gasteiger partial charge < -0.3 is 4.74 Å². The smallest absolute Gasteiger partial charge is 0.421 e. The predicted octanol–water partition coefficient (Wildman–Crippen LogP) is 3.53. The van der Waals surface area contributed by atoms with Crippen molar-refractivity contribution >= 4 is 6.09 Å². The fourth-order valence-corrected chi connectivity index (χ4v) is 2.52.